The highest BCUT2D eigenvalue weighted by Gasteiger charge is 2.34. The van der Waals surface area contributed by atoms with E-state index in [1.54, 1.807) is 11.8 Å². The molecular formula is C14H17F2NO2. The summed E-state index contributed by atoms with van der Waals surface area (Å²) in [4.78, 5) is 12.9. The zero-order valence-electron chi connectivity index (χ0n) is 10.8. The van der Waals surface area contributed by atoms with Crippen LogP contribution in [0, 0.1) is 11.6 Å². The topological polar surface area (TPSA) is 40.5 Å². The third kappa shape index (κ3) is 2.76. The number of nitrogens with zero attached hydrogens (tertiary/aromatic N) is 1. The fourth-order valence-corrected chi connectivity index (χ4v) is 2.76. The minimum absolute atomic E-state index is 0.0457. The van der Waals surface area contributed by atoms with E-state index < -0.39 is 29.7 Å². The number of halogens is 2. The third-order valence-electron chi connectivity index (χ3n) is 3.74. The van der Waals surface area contributed by atoms with Crippen LogP contribution in [0.1, 0.15) is 37.8 Å². The molecule has 1 N–H and O–H groups in total. The number of benzene rings is 1. The van der Waals surface area contributed by atoms with Gasteiger partial charge in [-0.3, -0.25) is 9.69 Å². The van der Waals surface area contributed by atoms with Crippen molar-refractivity contribution in [1.29, 1.82) is 0 Å². The SMILES string of the molecule is CC(c1c(F)cccc1F)N1CCCCC1C(=O)O. The van der Waals surface area contributed by atoms with Crippen LogP contribution in [0.4, 0.5) is 8.78 Å². The Morgan fingerprint density at radius 2 is 2.00 bits per heavy atom. The van der Waals surface area contributed by atoms with E-state index in [9.17, 15) is 18.7 Å². The lowest BCUT2D eigenvalue weighted by Gasteiger charge is -2.37. The maximum Gasteiger partial charge on any atom is 0.320 e. The molecule has 1 fully saturated rings. The Hall–Kier alpha value is -1.49. The molecule has 0 aromatic heterocycles. The molecule has 2 atom stereocenters. The van der Waals surface area contributed by atoms with Gasteiger partial charge >= 0.3 is 5.97 Å². The average molecular weight is 269 g/mol. The molecule has 1 aliphatic rings. The predicted octanol–water partition coefficient (Wildman–Crippen LogP) is 2.96. The highest BCUT2D eigenvalue weighted by Crippen LogP contribution is 2.31. The van der Waals surface area contributed by atoms with Gasteiger partial charge < -0.3 is 5.11 Å². The molecule has 5 heteroatoms. The monoisotopic (exact) mass is 269 g/mol. The van der Waals surface area contributed by atoms with Gasteiger partial charge in [0.2, 0.25) is 0 Å². The highest BCUT2D eigenvalue weighted by molar-refractivity contribution is 5.73. The lowest BCUT2D eigenvalue weighted by Crippen LogP contribution is -2.46. The summed E-state index contributed by atoms with van der Waals surface area (Å²) in [5, 5.41) is 9.21. The van der Waals surface area contributed by atoms with Gasteiger partial charge in [-0.25, -0.2) is 8.78 Å². The van der Waals surface area contributed by atoms with Crippen molar-refractivity contribution in [3.05, 3.63) is 35.4 Å². The first kappa shape index (κ1) is 13.9. The number of carboxylic acids is 1. The van der Waals surface area contributed by atoms with Gasteiger partial charge in [0.1, 0.15) is 17.7 Å². The van der Waals surface area contributed by atoms with Gasteiger partial charge in [0.15, 0.2) is 0 Å². The van der Waals surface area contributed by atoms with Crippen molar-refractivity contribution in [2.45, 2.75) is 38.3 Å². The molecule has 1 heterocycles. The summed E-state index contributed by atoms with van der Waals surface area (Å²) in [5.41, 5.74) is -0.0457. The van der Waals surface area contributed by atoms with E-state index in [2.05, 4.69) is 0 Å². The van der Waals surface area contributed by atoms with Crippen molar-refractivity contribution >= 4 is 5.97 Å². The van der Waals surface area contributed by atoms with Crippen LogP contribution >= 0.6 is 0 Å². The fraction of sp³-hybridized carbons (Fsp3) is 0.500. The maximum absolute atomic E-state index is 13.8. The van der Waals surface area contributed by atoms with Gasteiger partial charge in [0, 0.05) is 11.6 Å². The normalized spacial score (nSPS) is 22.2. The first-order valence-corrected chi connectivity index (χ1v) is 6.45. The zero-order chi connectivity index (χ0) is 14.0. The summed E-state index contributed by atoms with van der Waals surface area (Å²) in [6.45, 7) is 2.20. The molecule has 19 heavy (non-hydrogen) atoms. The molecule has 0 saturated carbocycles. The van der Waals surface area contributed by atoms with E-state index >= 15 is 0 Å². The zero-order valence-corrected chi connectivity index (χ0v) is 10.8. The lowest BCUT2D eigenvalue weighted by atomic mass is 9.96. The number of piperidine rings is 1. The minimum atomic E-state index is -0.928. The Morgan fingerprint density at radius 3 is 2.58 bits per heavy atom. The number of likely N-dealkylation sites (tertiary alicyclic amines) is 1. The van der Waals surface area contributed by atoms with Crippen LogP contribution in [-0.2, 0) is 4.79 Å². The number of carbonyl (C=O) groups is 1. The molecule has 0 radical (unpaired) electrons. The number of hydrogen-bond acceptors (Lipinski definition) is 2. The Labute approximate surface area is 110 Å². The molecule has 104 valence electrons. The molecule has 1 aliphatic heterocycles. The van der Waals surface area contributed by atoms with Crippen molar-refractivity contribution < 1.29 is 18.7 Å². The largest absolute Gasteiger partial charge is 0.480 e. The molecule has 0 amide bonds. The molecule has 0 spiro atoms. The Morgan fingerprint density at radius 1 is 1.37 bits per heavy atom. The quantitative estimate of drug-likeness (QED) is 0.917. The molecule has 2 rings (SSSR count). The van der Waals surface area contributed by atoms with E-state index in [-0.39, 0.29) is 5.56 Å². The van der Waals surface area contributed by atoms with Gasteiger partial charge in [-0.05, 0) is 38.4 Å². The fourth-order valence-electron chi connectivity index (χ4n) is 2.76. The van der Waals surface area contributed by atoms with E-state index in [4.69, 9.17) is 0 Å². The predicted molar refractivity (Wildman–Crippen MR) is 66.8 cm³/mol. The van der Waals surface area contributed by atoms with Crippen molar-refractivity contribution in [2.75, 3.05) is 6.54 Å². The van der Waals surface area contributed by atoms with Gasteiger partial charge in [-0.2, -0.15) is 0 Å². The van der Waals surface area contributed by atoms with Crippen molar-refractivity contribution in [3.63, 3.8) is 0 Å². The summed E-state index contributed by atoms with van der Waals surface area (Å²) in [6, 6.07) is 2.47. The Bertz CT molecular complexity index is 458. The molecule has 1 saturated heterocycles. The van der Waals surface area contributed by atoms with Crippen LogP contribution in [0.5, 0.6) is 0 Å². The van der Waals surface area contributed by atoms with Crippen LogP contribution in [0.15, 0.2) is 18.2 Å². The van der Waals surface area contributed by atoms with Gasteiger partial charge in [-0.1, -0.05) is 12.5 Å². The van der Waals surface area contributed by atoms with Crippen molar-refractivity contribution in [3.8, 4) is 0 Å². The van der Waals surface area contributed by atoms with E-state index in [0.29, 0.717) is 13.0 Å². The summed E-state index contributed by atoms with van der Waals surface area (Å²) in [5.74, 6) is -2.17. The molecule has 3 nitrogen and oxygen atoms in total. The molecule has 0 aliphatic carbocycles. The molecule has 0 bridgehead atoms. The molecule has 1 aromatic carbocycles. The van der Waals surface area contributed by atoms with Crippen LogP contribution in [0.2, 0.25) is 0 Å². The number of aliphatic carboxylic acids is 1. The second-order valence-corrected chi connectivity index (χ2v) is 4.90. The van der Waals surface area contributed by atoms with Crippen molar-refractivity contribution in [2.24, 2.45) is 0 Å². The van der Waals surface area contributed by atoms with E-state index in [1.165, 1.54) is 18.2 Å². The summed E-state index contributed by atoms with van der Waals surface area (Å²) >= 11 is 0. The van der Waals surface area contributed by atoms with Crippen LogP contribution in [-0.4, -0.2) is 28.6 Å². The average Bonchev–Trinajstić information content (AvgIpc) is 2.38. The Balaban J connectivity index is 2.31. The summed E-state index contributed by atoms with van der Waals surface area (Å²) in [6.07, 6.45) is 2.21. The maximum atomic E-state index is 13.8. The summed E-state index contributed by atoms with van der Waals surface area (Å²) in [7, 11) is 0. The highest BCUT2D eigenvalue weighted by atomic mass is 19.1. The minimum Gasteiger partial charge on any atom is -0.480 e. The van der Waals surface area contributed by atoms with Gasteiger partial charge in [-0.15, -0.1) is 0 Å². The molecule has 1 aromatic rings. The first-order valence-electron chi connectivity index (χ1n) is 6.45. The number of rotatable bonds is 3. The Kier molecular flexibility index (Phi) is 4.14. The van der Waals surface area contributed by atoms with Crippen LogP contribution in [0.25, 0.3) is 0 Å². The van der Waals surface area contributed by atoms with E-state index in [0.717, 1.165) is 12.8 Å². The van der Waals surface area contributed by atoms with Crippen LogP contribution in [0.3, 0.4) is 0 Å². The van der Waals surface area contributed by atoms with Crippen LogP contribution < -0.4 is 0 Å². The number of hydrogen-bond donors (Lipinski definition) is 1. The second-order valence-electron chi connectivity index (χ2n) is 4.90. The second kappa shape index (κ2) is 5.65. The third-order valence-corrected chi connectivity index (χ3v) is 3.74. The van der Waals surface area contributed by atoms with Crippen molar-refractivity contribution in [1.82, 2.24) is 4.90 Å². The first-order chi connectivity index (χ1) is 9.02. The summed E-state index contributed by atoms with van der Waals surface area (Å²) < 4.78 is 27.5. The van der Waals surface area contributed by atoms with Gasteiger partial charge in [0.25, 0.3) is 0 Å². The van der Waals surface area contributed by atoms with Gasteiger partial charge in [0.05, 0.1) is 0 Å². The lowest BCUT2D eigenvalue weighted by molar-refractivity contribution is -0.145. The standard InChI is InChI=1S/C14H17F2NO2/c1-9(13-10(15)5-4-6-11(13)16)17-8-3-2-7-12(17)14(18)19/h4-6,9,12H,2-3,7-8H2,1H3,(H,18,19). The van der Waals surface area contributed by atoms with E-state index in [1.807, 2.05) is 0 Å². The molecular weight excluding hydrogens is 252 g/mol. The molecule has 2 unspecified atom stereocenters. The smallest absolute Gasteiger partial charge is 0.320 e. The number of carboxylic acid groups (broad SMARTS) is 1.